The van der Waals surface area contributed by atoms with Crippen molar-refractivity contribution in [3.63, 3.8) is 0 Å². The van der Waals surface area contributed by atoms with E-state index in [1.807, 2.05) is 0 Å². The number of hydrogen-bond acceptors (Lipinski definition) is 0. The van der Waals surface area contributed by atoms with Crippen LogP contribution in [0.25, 0.3) is 6.08 Å². The minimum atomic E-state index is 0. The molecule has 1 aliphatic carbocycles. The van der Waals surface area contributed by atoms with E-state index in [1.54, 1.807) is 0 Å². The van der Waals surface area contributed by atoms with Crippen molar-refractivity contribution in [2.75, 3.05) is 12.3 Å². The summed E-state index contributed by atoms with van der Waals surface area (Å²) in [6, 6.07) is 8.54. The van der Waals surface area contributed by atoms with Crippen LogP contribution in [-0.4, -0.2) is 12.3 Å². The number of fused-ring (bicyclic) bond motifs is 1. The minimum absolute atomic E-state index is 0. The molecular weight excluding hydrogens is 397 g/mol. The van der Waals surface area contributed by atoms with Crippen LogP contribution in [-0.2, 0) is 26.2 Å². The van der Waals surface area contributed by atoms with Gasteiger partial charge in [-0.25, -0.2) is 0 Å². The molecule has 0 fully saturated rings. The molecule has 107 valence electrons. The third-order valence-electron chi connectivity index (χ3n) is 2.55. The van der Waals surface area contributed by atoms with Gasteiger partial charge >= 0.3 is 26.2 Å². The second-order valence-electron chi connectivity index (χ2n) is 3.73. The van der Waals surface area contributed by atoms with E-state index in [1.165, 1.54) is 32.0 Å². The molecule has 0 heterocycles. The van der Waals surface area contributed by atoms with Crippen molar-refractivity contribution in [1.82, 2.24) is 0 Å². The summed E-state index contributed by atoms with van der Waals surface area (Å²) in [6.07, 6.45) is 7.18. The van der Waals surface area contributed by atoms with Gasteiger partial charge in [-0.3, -0.25) is 0 Å². The maximum atomic E-state index is 2.24. The Balaban J connectivity index is -0.000000113. The van der Waals surface area contributed by atoms with Crippen LogP contribution < -0.4 is 37.2 Å². The molecule has 0 nitrogen and oxygen atoms in total. The monoisotopic (exact) mass is 415 g/mol. The Labute approximate surface area is 157 Å². The second kappa shape index (κ2) is 17.2. The van der Waals surface area contributed by atoms with Crippen molar-refractivity contribution in [2.45, 2.75) is 26.7 Å². The summed E-state index contributed by atoms with van der Waals surface area (Å²) >= 11 is 0. The summed E-state index contributed by atoms with van der Waals surface area (Å²) in [5.74, 6) is 0.621. The molecule has 1 aliphatic rings. The summed E-state index contributed by atoms with van der Waals surface area (Å²) in [6.45, 7) is 6.67. The van der Waals surface area contributed by atoms with Gasteiger partial charge in [0.25, 0.3) is 0 Å². The minimum Gasteiger partial charge on any atom is -1.00 e. The van der Waals surface area contributed by atoms with Gasteiger partial charge in [-0.05, 0) is 29.4 Å². The predicted octanol–water partition coefficient (Wildman–Crippen LogP) is -4.47. The number of benzene rings is 1. The summed E-state index contributed by atoms with van der Waals surface area (Å²) in [4.78, 5) is 0. The Kier molecular flexibility index (Phi) is 25.6. The molecule has 0 amide bonds. The van der Waals surface area contributed by atoms with Gasteiger partial charge in [0, 0.05) is 0 Å². The van der Waals surface area contributed by atoms with Crippen molar-refractivity contribution in [3.05, 3.63) is 41.5 Å². The van der Waals surface area contributed by atoms with Crippen LogP contribution in [0.4, 0.5) is 0 Å². The zero-order valence-electron chi connectivity index (χ0n) is 11.6. The fraction of sp³-hybridized carbons (Fsp3) is 0.429. The summed E-state index contributed by atoms with van der Waals surface area (Å²) < 4.78 is 0. The fourth-order valence-corrected chi connectivity index (χ4v) is 2.18. The molecule has 1 unspecified atom stereocenters. The average molecular weight is 418 g/mol. The van der Waals surface area contributed by atoms with Gasteiger partial charge < -0.3 is 37.2 Å². The van der Waals surface area contributed by atoms with E-state index in [4.69, 9.17) is 0 Å². The van der Waals surface area contributed by atoms with Gasteiger partial charge in [0.2, 0.25) is 0 Å². The van der Waals surface area contributed by atoms with E-state index in [0.717, 1.165) is 0 Å². The molecule has 0 aliphatic heterocycles. The van der Waals surface area contributed by atoms with E-state index < -0.39 is 0 Å². The number of allylic oxidation sites excluding steroid dienone is 1. The molecule has 0 spiro atoms. The van der Waals surface area contributed by atoms with Gasteiger partial charge in [0.15, 0.2) is 0 Å². The van der Waals surface area contributed by atoms with Crippen LogP contribution in [0.2, 0.25) is 0 Å². The van der Waals surface area contributed by atoms with Crippen LogP contribution in [0.1, 0.15) is 37.8 Å². The zero-order valence-corrected chi connectivity index (χ0v) is 17.3. The number of halogens is 3. The second-order valence-corrected chi connectivity index (χ2v) is 5.65. The fourth-order valence-electron chi connectivity index (χ4n) is 1.68. The molecule has 1 aromatic rings. The summed E-state index contributed by atoms with van der Waals surface area (Å²) in [5.41, 5.74) is 2.84. The van der Waals surface area contributed by atoms with Gasteiger partial charge in [-0.1, -0.05) is 57.2 Å². The molecule has 2 rings (SSSR count). The Bertz CT molecular complexity index is 330. The summed E-state index contributed by atoms with van der Waals surface area (Å²) in [7, 11) is 1.20. The van der Waals surface area contributed by atoms with Crippen LogP contribution in [0, 0.1) is 0 Å². The Morgan fingerprint density at radius 3 is 1.95 bits per heavy atom. The molecule has 0 saturated heterocycles. The molecule has 1 atom stereocenters. The van der Waals surface area contributed by atoms with Crippen LogP contribution >= 0.6 is 8.58 Å². The first kappa shape index (κ1) is 28.3. The topological polar surface area (TPSA) is 0 Å². The van der Waals surface area contributed by atoms with E-state index in [-0.39, 0.29) is 63.4 Å². The number of hydrogen-bond donors (Lipinski definition) is 0. The van der Waals surface area contributed by atoms with E-state index in [9.17, 15) is 0 Å². The smallest absolute Gasteiger partial charge is 1.00 e. The Morgan fingerprint density at radius 2 is 1.53 bits per heavy atom. The zero-order chi connectivity index (χ0) is 11.1. The van der Waals surface area contributed by atoms with Crippen molar-refractivity contribution < 1.29 is 63.4 Å². The Morgan fingerprint density at radius 1 is 1.00 bits per heavy atom. The third-order valence-corrected chi connectivity index (χ3v) is 3.55. The largest absolute Gasteiger partial charge is 3.00 e. The predicted molar refractivity (Wildman–Crippen MR) is 73.3 cm³/mol. The maximum absolute atomic E-state index is 2.24. The van der Waals surface area contributed by atoms with Crippen molar-refractivity contribution in [2.24, 2.45) is 0 Å². The Hall–Kier alpha value is 1.14. The molecule has 1 aromatic carbocycles. The van der Waals surface area contributed by atoms with Gasteiger partial charge in [-0.15, -0.1) is 8.58 Å². The van der Waals surface area contributed by atoms with E-state index in [2.05, 4.69) is 57.2 Å². The van der Waals surface area contributed by atoms with Crippen molar-refractivity contribution in [1.29, 1.82) is 0 Å². The van der Waals surface area contributed by atoms with Crippen molar-refractivity contribution in [3.8, 4) is 0 Å². The molecule has 1 radical (unpaired) electrons. The first-order chi connectivity index (χ1) is 7.29. The van der Waals surface area contributed by atoms with Crippen LogP contribution in [0.15, 0.2) is 30.3 Å². The first-order valence-electron chi connectivity index (χ1n) is 5.77. The molecule has 19 heavy (non-hydrogen) atoms. The molecular formula is C14H21Cl3PZr. The normalized spacial score (nSPS) is 13.3. The van der Waals surface area contributed by atoms with Crippen LogP contribution in [0.3, 0.4) is 0 Å². The van der Waals surface area contributed by atoms with Crippen molar-refractivity contribution >= 4 is 14.7 Å². The SMILES string of the molecule is CC1C=Cc2ccccc21.CCPCC.[Cl-].[Cl-].[Cl-].[Zr+3]. The van der Waals surface area contributed by atoms with Crippen LogP contribution in [0.5, 0.6) is 0 Å². The summed E-state index contributed by atoms with van der Waals surface area (Å²) in [5, 5.41) is 0. The first-order valence-corrected chi connectivity index (χ1v) is 7.18. The molecule has 0 aromatic heterocycles. The number of rotatable bonds is 2. The third kappa shape index (κ3) is 10.5. The van der Waals surface area contributed by atoms with Gasteiger partial charge in [-0.2, -0.15) is 0 Å². The van der Waals surface area contributed by atoms with Gasteiger partial charge in [0.05, 0.1) is 0 Å². The van der Waals surface area contributed by atoms with E-state index >= 15 is 0 Å². The molecule has 0 N–H and O–H groups in total. The molecule has 0 saturated carbocycles. The molecule has 0 bridgehead atoms. The standard InChI is InChI=1S/C10H10.C4H11P.3ClH.Zr/c1-8-6-7-9-4-2-3-5-10(8)9;1-3-5-4-2;;;;/h2-8H,1H3;5H,3-4H2,1-2H3;3*1H;/q;;;;;+3/p-3. The van der Waals surface area contributed by atoms with E-state index in [0.29, 0.717) is 5.92 Å². The van der Waals surface area contributed by atoms with Gasteiger partial charge in [0.1, 0.15) is 0 Å². The molecule has 5 heteroatoms. The quantitative estimate of drug-likeness (QED) is 0.426. The maximum Gasteiger partial charge on any atom is 3.00 e. The average Bonchev–Trinajstić information content (AvgIpc) is 2.64.